The van der Waals surface area contributed by atoms with Gasteiger partial charge in [0.05, 0.1) is 11.8 Å². The van der Waals surface area contributed by atoms with Gasteiger partial charge in [0.2, 0.25) is 0 Å². The molecule has 1 N–H and O–H groups in total. The Bertz CT molecular complexity index is 708. The number of ether oxygens (including phenoxy) is 1. The molecule has 0 saturated heterocycles. The number of ketones is 1. The molecule has 4 heteroatoms. The van der Waals surface area contributed by atoms with Gasteiger partial charge in [-0.1, -0.05) is 24.3 Å². The molecule has 0 saturated carbocycles. The highest BCUT2D eigenvalue weighted by Crippen LogP contribution is 2.32. The van der Waals surface area contributed by atoms with Gasteiger partial charge in [-0.05, 0) is 30.5 Å². The van der Waals surface area contributed by atoms with E-state index in [0.717, 1.165) is 11.1 Å². The zero-order valence-corrected chi connectivity index (χ0v) is 11.3. The number of allylic oxidation sites excluding steroid dienone is 5. The van der Waals surface area contributed by atoms with Crippen LogP contribution in [0.25, 0.3) is 0 Å². The van der Waals surface area contributed by atoms with Gasteiger partial charge in [-0.25, -0.2) is 0 Å². The fourth-order valence-corrected chi connectivity index (χ4v) is 2.45. The van der Waals surface area contributed by atoms with Crippen molar-refractivity contribution in [2.75, 3.05) is 0 Å². The lowest BCUT2D eigenvalue weighted by Gasteiger charge is -2.09. The quantitative estimate of drug-likeness (QED) is 0.925. The van der Waals surface area contributed by atoms with Crippen LogP contribution in [0.5, 0.6) is 5.75 Å². The van der Waals surface area contributed by atoms with Crippen LogP contribution < -0.4 is 4.74 Å². The Kier molecular flexibility index (Phi) is 3.44. The van der Waals surface area contributed by atoms with Crippen LogP contribution in [0, 0.1) is 0 Å². The van der Waals surface area contributed by atoms with Crippen LogP contribution >= 0.6 is 0 Å². The van der Waals surface area contributed by atoms with E-state index in [1.807, 2.05) is 12.2 Å². The van der Waals surface area contributed by atoms with Crippen molar-refractivity contribution in [1.82, 2.24) is 0 Å². The van der Waals surface area contributed by atoms with Crippen molar-refractivity contribution in [2.45, 2.75) is 19.3 Å². The molecule has 1 heterocycles. The number of carbonyl (C=O) groups is 2. The Morgan fingerprint density at radius 1 is 1.33 bits per heavy atom. The van der Waals surface area contributed by atoms with Crippen LogP contribution in [0.1, 0.15) is 28.8 Å². The first-order chi connectivity index (χ1) is 10.1. The van der Waals surface area contributed by atoms with Crippen molar-refractivity contribution in [2.24, 2.45) is 0 Å². The van der Waals surface area contributed by atoms with Crippen LogP contribution in [0.2, 0.25) is 0 Å². The normalized spacial score (nSPS) is 16.1. The third kappa shape index (κ3) is 2.65. The van der Waals surface area contributed by atoms with Gasteiger partial charge in [-0.3, -0.25) is 9.59 Å². The number of carboxylic acid groups (broad SMARTS) is 1. The Morgan fingerprint density at radius 3 is 3.00 bits per heavy atom. The van der Waals surface area contributed by atoms with E-state index in [1.54, 1.807) is 30.5 Å². The minimum Gasteiger partial charge on any atom is -0.481 e. The lowest BCUT2D eigenvalue weighted by Crippen LogP contribution is -2.07. The maximum atomic E-state index is 12.6. The average Bonchev–Trinajstić information content (AvgIpc) is 2.63. The summed E-state index contributed by atoms with van der Waals surface area (Å²) in [5.41, 5.74) is 2.83. The predicted molar refractivity (Wildman–Crippen MR) is 77.3 cm³/mol. The summed E-state index contributed by atoms with van der Waals surface area (Å²) in [6, 6.07) is 5.26. The second-order valence-corrected chi connectivity index (χ2v) is 5.03. The molecule has 0 fully saturated rings. The molecule has 0 aromatic heterocycles. The molecule has 0 atom stereocenters. The molecule has 106 valence electrons. The van der Waals surface area contributed by atoms with Crippen molar-refractivity contribution < 1.29 is 19.4 Å². The third-order valence-corrected chi connectivity index (χ3v) is 3.57. The topological polar surface area (TPSA) is 63.6 Å². The number of rotatable bonds is 3. The van der Waals surface area contributed by atoms with Crippen molar-refractivity contribution in [3.63, 3.8) is 0 Å². The maximum Gasteiger partial charge on any atom is 0.303 e. The highest BCUT2D eigenvalue weighted by molar-refractivity contribution is 6.14. The minimum atomic E-state index is -0.850. The van der Waals surface area contributed by atoms with Crippen LogP contribution in [0.4, 0.5) is 0 Å². The summed E-state index contributed by atoms with van der Waals surface area (Å²) in [5.74, 6) is -0.409. The van der Waals surface area contributed by atoms with Gasteiger partial charge in [0.25, 0.3) is 0 Å². The van der Waals surface area contributed by atoms with E-state index in [4.69, 9.17) is 9.84 Å². The van der Waals surface area contributed by atoms with E-state index >= 15 is 0 Å². The van der Waals surface area contributed by atoms with E-state index in [1.165, 1.54) is 0 Å². The number of carboxylic acids is 1. The fraction of sp³-hybridized carbons (Fsp3) is 0.176. The maximum absolute atomic E-state index is 12.6. The van der Waals surface area contributed by atoms with Gasteiger partial charge in [-0.15, -0.1) is 0 Å². The highest BCUT2D eigenvalue weighted by Gasteiger charge is 2.24. The smallest absolute Gasteiger partial charge is 0.303 e. The Balaban J connectivity index is 1.96. The Hall–Kier alpha value is -2.62. The minimum absolute atomic E-state index is 0.0444. The van der Waals surface area contributed by atoms with E-state index in [9.17, 15) is 9.59 Å². The van der Waals surface area contributed by atoms with E-state index in [0.29, 0.717) is 29.7 Å². The molecule has 1 aromatic rings. The molecule has 0 spiro atoms. The second-order valence-electron chi connectivity index (χ2n) is 5.03. The molecule has 0 bridgehead atoms. The summed E-state index contributed by atoms with van der Waals surface area (Å²) < 4.78 is 5.60. The van der Waals surface area contributed by atoms with E-state index in [2.05, 4.69) is 0 Å². The second kappa shape index (κ2) is 5.40. The van der Waals surface area contributed by atoms with Gasteiger partial charge in [0, 0.05) is 17.6 Å². The van der Waals surface area contributed by atoms with Gasteiger partial charge in [0.15, 0.2) is 5.78 Å². The molecular weight excluding hydrogens is 268 g/mol. The SMILES string of the molecule is O=C(O)CCc1ccc2c(c1)C(=O)C1=CC=CCC1=CO2. The van der Waals surface area contributed by atoms with Gasteiger partial charge in [0.1, 0.15) is 5.75 Å². The summed E-state index contributed by atoms with van der Waals surface area (Å²) >= 11 is 0. The molecule has 0 amide bonds. The fourth-order valence-electron chi connectivity index (χ4n) is 2.45. The largest absolute Gasteiger partial charge is 0.481 e. The number of benzene rings is 1. The van der Waals surface area contributed by atoms with Gasteiger partial charge < -0.3 is 9.84 Å². The summed E-state index contributed by atoms with van der Waals surface area (Å²) in [5, 5.41) is 8.75. The van der Waals surface area contributed by atoms with Crippen molar-refractivity contribution >= 4 is 11.8 Å². The number of aryl methyl sites for hydroxylation is 1. The lowest BCUT2D eigenvalue weighted by molar-refractivity contribution is -0.136. The van der Waals surface area contributed by atoms with E-state index in [-0.39, 0.29) is 12.2 Å². The van der Waals surface area contributed by atoms with Crippen molar-refractivity contribution in [3.05, 3.63) is 65.0 Å². The van der Waals surface area contributed by atoms with Gasteiger partial charge >= 0.3 is 5.97 Å². The average molecular weight is 282 g/mol. The zero-order chi connectivity index (χ0) is 14.8. The van der Waals surface area contributed by atoms with Crippen molar-refractivity contribution in [1.29, 1.82) is 0 Å². The predicted octanol–water partition coefficient (Wildman–Crippen LogP) is 3.05. The number of hydrogen-bond donors (Lipinski definition) is 1. The van der Waals surface area contributed by atoms with Crippen molar-refractivity contribution in [3.8, 4) is 5.75 Å². The number of hydrogen-bond acceptors (Lipinski definition) is 3. The van der Waals surface area contributed by atoms with Crippen LogP contribution in [-0.4, -0.2) is 16.9 Å². The first kappa shape index (κ1) is 13.4. The molecule has 1 aliphatic carbocycles. The number of aliphatic carboxylic acids is 1. The van der Waals surface area contributed by atoms with Crippen LogP contribution in [-0.2, 0) is 11.2 Å². The first-order valence-electron chi connectivity index (χ1n) is 6.77. The number of carbonyl (C=O) groups excluding carboxylic acids is 1. The molecule has 1 aromatic carbocycles. The zero-order valence-electron chi connectivity index (χ0n) is 11.3. The number of fused-ring (bicyclic) bond motifs is 2. The summed E-state index contributed by atoms with van der Waals surface area (Å²) in [7, 11) is 0. The van der Waals surface area contributed by atoms with E-state index < -0.39 is 5.97 Å². The molecule has 3 rings (SSSR count). The molecule has 0 radical (unpaired) electrons. The summed E-state index contributed by atoms with van der Waals surface area (Å²) in [4.78, 5) is 23.3. The third-order valence-electron chi connectivity index (χ3n) is 3.57. The Morgan fingerprint density at radius 2 is 2.19 bits per heavy atom. The molecule has 4 nitrogen and oxygen atoms in total. The summed E-state index contributed by atoms with van der Waals surface area (Å²) in [6.45, 7) is 0. The monoisotopic (exact) mass is 282 g/mol. The lowest BCUT2D eigenvalue weighted by atomic mass is 9.91. The molecule has 0 unspecified atom stereocenters. The van der Waals surface area contributed by atoms with Gasteiger partial charge in [-0.2, -0.15) is 0 Å². The summed E-state index contributed by atoms with van der Waals surface area (Å²) in [6.07, 6.45) is 8.37. The number of Topliss-reactive ketones (excluding diaryl/α,β-unsaturated/α-hetero) is 1. The molecular formula is C17H14O4. The molecule has 1 aliphatic heterocycles. The first-order valence-corrected chi connectivity index (χ1v) is 6.77. The van der Waals surface area contributed by atoms with Crippen LogP contribution in [0.15, 0.2) is 53.8 Å². The van der Waals surface area contributed by atoms with Crippen LogP contribution in [0.3, 0.4) is 0 Å². The molecule has 2 aliphatic rings. The highest BCUT2D eigenvalue weighted by atomic mass is 16.5. The Labute approximate surface area is 122 Å². The standard InChI is InChI=1S/C17H14O4/c18-16(19)8-6-11-5-7-15-14(9-11)17(20)13-4-2-1-3-12(13)10-21-15/h1-2,4-5,7,9-10H,3,6,8H2,(H,18,19). The molecule has 21 heavy (non-hydrogen) atoms.